The Morgan fingerprint density at radius 1 is 1.27 bits per heavy atom. The van der Waals surface area contributed by atoms with E-state index in [9.17, 15) is 4.79 Å². The number of carbonyl (C=O) groups is 1. The van der Waals surface area contributed by atoms with Gasteiger partial charge in [-0.05, 0) is 44.1 Å². The number of nitrogens with zero attached hydrogens (tertiary/aromatic N) is 4. The molecule has 26 heavy (non-hydrogen) atoms. The molecule has 2 amide bonds. The number of hydrogen-bond donors (Lipinski definition) is 2. The van der Waals surface area contributed by atoms with Gasteiger partial charge in [-0.25, -0.2) is 14.5 Å². The SMILES string of the molecule is O=C(Nc1cc(Cl)ccc1-n1cncn1)N[C@H]1COC[C@@H]1N1CCCC1. The van der Waals surface area contributed by atoms with E-state index in [1.807, 2.05) is 0 Å². The summed E-state index contributed by atoms with van der Waals surface area (Å²) in [5, 5.41) is 10.6. The number of rotatable bonds is 4. The minimum atomic E-state index is -0.284. The molecule has 2 aliphatic heterocycles. The van der Waals surface area contributed by atoms with Crippen molar-refractivity contribution in [3.8, 4) is 5.69 Å². The first-order valence-electron chi connectivity index (χ1n) is 8.74. The molecule has 0 spiro atoms. The highest BCUT2D eigenvalue weighted by molar-refractivity contribution is 6.31. The molecule has 9 heteroatoms. The van der Waals surface area contributed by atoms with Crippen LogP contribution in [0.2, 0.25) is 5.02 Å². The van der Waals surface area contributed by atoms with Crippen LogP contribution in [-0.4, -0.2) is 64.1 Å². The molecule has 0 radical (unpaired) electrons. The van der Waals surface area contributed by atoms with Gasteiger partial charge in [-0.1, -0.05) is 11.6 Å². The zero-order valence-corrected chi connectivity index (χ0v) is 15.0. The van der Waals surface area contributed by atoms with E-state index in [4.69, 9.17) is 16.3 Å². The Morgan fingerprint density at radius 2 is 2.12 bits per heavy atom. The highest BCUT2D eigenvalue weighted by Crippen LogP contribution is 2.24. The fourth-order valence-electron chi connectivity index (χ4n) is 3.58. The van der Waals surface area contributed by atoms with Gasteiger partial charge in [-0.2, -0.15) is 5.10 Å². The Kier molecular flexibility index (Phi) is 5.05. The highest BCUT2D eigenvalue weighted by Gasteiger charge is 2.35. The highest BCUT2D eigenvalue weighted by atomic mass is 35.5. The van der Waals surface area contributed by atoms with Gasteiger partial charge in [0.2, 0.25) is 0 Å². The number of anilines is 1. The minimum absolute atomic E-state index is 0.0258. The van der Waals surface area contributed by atoms with E-state index in [0.29, 0.717) is 29.6 Å². The molecule has 8 nitrogen and oxygen atoms in total. The maximum atomic E-state index is 12.6. The fraction of sp³-hybridized carbons (Fsp3) is 0.471. The van der Waals surface area contributed by atoms with E-state index >= 15 is 0 Å². The van der Waals surface area contributed by atoms with Crippen molar-refractivity contribution < 1.29 is 9.53 Å². The van der Waals surface area contributed by atoms with Gasteiger partial charge in [0.1, 0.15) is 12.7 Å². The molecule has 2 aromatic rings. The van der Waals surface area contributed by atoms with Gasteiger partial charge in [0, 0.05) is 5.02 Å². The Labute approximate surface area is 156 Å². The molecule has 2 fully saturated rings. The molecule has 0 aliphatic carbocycles. The summed E-state index contributed by atoms with van der Waals surface area (Å²) in [5.74, 6) is 0. The van der Waals surface area contributed by atoms with Crippen molar-refractivity contribution in [2.45, 2.75) is 24.9 Å². The first kappa shape index (κ1) is 17.3. The normalized spacial score (nSPS) is 23.3. The van der Waals surface area contributed by atoms with E-state index in [1.165, 1.54) is 19.2 Å². The Bertz CT molecular complexity index is 763. The number of ether oxygens (including phenoxy) is 1. The average molecular weight is 377 g/mol. The predicted octanol–water partition coefficient (Wildman–Crippen LogP) is 1.91. The van der Waals surface area contributed by atoms with Crippen LogP contribution in [0.1, 0.15) is 12.8 Å². The topological polar surface area (TPSA) is 84.3 Å². The van der Waals surface area contributed by atoms with E-state index < -0.39 is 0 Å². The van der Waals surface area contributed by atoms with Gasteiger partial charge >= 0.3 is 6.03 Å². The molecule has 0 unspecified atom stereocenters. The lowest BCUT2D eigenvalue weighted by Gasteiger charge is -2.28. The number of urea groups is 1. The van der Waals surface area contributed by atoms with Crippen LogP contribution in [0.25, 0.3) is 5.69 Å². The van der Waals surface area contributed by atoms with Crippen molar-refractivity contribution in [2.75, 3.05) is 31.6 Å². The van der Waals surface area contributed by atoms with Gasteiger partial charge in [-0.3, -0.25) is 4.90 Å². The van der Waals surface area contributed by atoms with Crippen LogP contribution >= 0.6 is 11.6 Å². The number of nitrogens with one attached hydrogen (secondary N) is 2. The molecule has 138 valence electrons. The first-order valence-corrected chi connectivity index (χ1v) is 9.12. The molecule has 4 rings (SSSR count). The number of aromatic nitrogens is 3. The monoisotopic (exact) mass is 376 g/mol. The summed E-state index contributed by atoms with van der Waals surface area (Å²) in [6.07, 6.45) is 5.42. The summed E-state index contributed by atoms with van der Waals surface area (Å²) in [4.78, 5) is 18.9. The zero-order chi connectivity index (χ0) is 17.9. The summed E-state index contributed by atoms with van der Waals surface area (Å²) in [6.45, 7) is 3.32. The van der Waals surface area contributed by atoms with Crippen LogP contribution in [0.4, 0.5) is 10.5 Å². The number of hydrogen-bond acceptors (Lipinski definition) is 5. The summed E-state index contributed by atoms with van der Waals surface area (Å²) >= 11 is 6.10. The summed E-state index contributed by atoms with van der Waals surface area (Å²) < 4.78 is 7.19. The zero-order valence-electron chi connectivity index (χ0n) is 14.3. The number of halogens is 1. The van der Waals surface area contributed by atoms with Crippen molar-refractivity contribution in [1.29, 1.82) is 0 Å². The Morgan fingerprint density at radius 3 is 2.88 bits per heavy atom. The van der Waals surface area contributed by atoms with Crippen LogP contribution in [-0.2, 0) is 4.74 Å². The van der Waals surface area contributed by atoms with Crippen molar-refractivity contribution in [1.82, 2.24) is 25.0 Å². The largest absolute Gasteiger partial charge is 0.378 e. The molecule has 2 N–H and O–H groups in total. The van der Waals surface area contributed by atoms with Crippen LogP contribution in [0.5, 0.6) is 0 Å². The molecular formula is C17H21ClN6O2. The lowest BCUT2D eigenvalue weighted by atomic mass is 10.1. The molecule has 3 heterocycles. The Balaban J connectivity index is 1.46. The lowest BCUT2D eigenvalue weighted by Crippen LogP contribution is -2.51. The number of benzene rings is 1. The third kappa shape index (κ3) is 3.67. The average Bonchev–Trinajstić information content (AvgIpc) is 3.37. The molecule has 1 aromatic heterocycles. The van der Waals surface area contributed by atoms with E-state index in [0.717, 1.165) is 13.1 Å². The van der Waals surface area contributed by atoms with Gasteiger partial charge < -0.3 is 15.4 Å². The number of amides is 2. The van der Waals surface area contributed by atoms with Gasteiger partial charge in [0.15, 0.2) is 0 Å². The molecule has 2 aliphatic rings. The molecular weight excluding hydrogens is 356 g/mol. The molecule has 0 saturated carbocycles. The van der Waals surface area contributed by atoms with Crippen LogP contribution in [0.3, 0.4) is 0 Å². The van der Waals surface area contributed by atoms with Crippen molar-refractivity contribution in [3.05, 3.63) is 35.9 Å². The predicted molar refractivity (Wildman–Crippen MR) is 97.7 cm³/mol. The fourth-order valence-corrected chi connectivity index (χ4v) is 3.75. The van der Waals surface area contributed by atoms with Crippen molar-refractivity contribution in [3.63, 3.8) is 0 Å². The quantitative estimate of drug-likeness (QED) is 0.851. The lowest BCUT2D eigenvalue weighted by molar-refractivity contribution is 0.159. The maximum absolute atomic E-state index is 12.6. The molecule has 0 bridgehead atoms. The van der Waals surface area contributed by atoms with Gasteiger partial charge in [-0.15, -0.1) is 0 Å². The standard InChI is InChI=1S/C17H21ClN6O2/c18-12-3-4-15(24-11-19-10-20-24)13(7-12)21-17(25)22-14-8-26-9-16(14)23-5-1-2-6-23/h3-4,7,10-11,14,16H,1-2,5-6,8-9H2,(H2,21,22,25)/t14-,16-/m0/s1. The van der Waals surface area contributed by atoms with Crippen LogP contribution < -0.4 is 10.6 Å². The van der Waals surface area contributed by atoms with Gasteiger partial charge in [0.25, 0.3) is 0 Å². The summed E-state index contributed by atoms with van der Waals surface area (Å²) in [7, 11) is 0. The third-order valence-corrected chi connectivity index (χ3v) is 5.08. The second-order valence-electron chi connectivity index (χ2n) is 6.55. The summed E-state index contributed by atoms with van der Waals surface area (Å²) in [6, 6.07) is 5.16. The van der Waals surface area contributed by atoms with Crippen LogP contribution in [0, 0.1) is 0 Å². The molecule has 2 saturated heterocycles. The van der Waals surface area contributed by atoms with E-state index in [1.54, 1.807) is 29.2 Å². The van der Waals surface area contributed by atoms with Gasteiger partial charge in [0.05, 0.1) is 36.7 Å². The number of likely N-dealkylation sites (tertiary alicyclic amines) is 1. The van der Waals surface area contributed by atoms with Crippen molar-refractivity contribution in [2.24, 2.45) is 0 Å². The van der Waals surface area contributed by atoms with Crippen LogP contribution in [0.15, 0.2) is 30.9 Å². The van der Waals surface area contributed by atoms with E-state index in [2.05, 4.69) is 25.6 Å². The Hall–Kier alpha value is -2.16. The molecule has 1 aromatic carbocycles. The van der Waals surface area contributed by atoms with Crippen molar-refractivity contribution >= 4 is 23.3 Å². The summed E-state index contributed by atoms with van der Waals surface area (Å²) in [5.41, 5.74) is 1.26. The minimum Gasteiger partial charge on any atom is -0.378 e. The first-order chi connectivity index (χ1) is 12.7. The molecule has 2 atom stereocenters. The smallest absolute Gasteiger partial charge is 0.319 e. The van der Waals surface area contributed by atoms with E-state index in [-0.39, 0.29) is 18.1 Å². The maximum Gasteiger partial charge on any atom is 0.319 e. The number of carbonyl (C=O) groups excluding carboxylic acids is 1. The second kappa shape index (κ2) is 7.61. The second-order valence-corrected chi connectivity index (χ2v) is 6.99. The third-order valence-electron chi connectivity index (χ3n) is 4.85.